The van der Waals surface area contributed by atoms with Crippen LogP contribution in [0.25, 0.3) is 27.7 Å². The zero-order valence-electron chi connectivity index (χ0n) is 11.5. The summed E-state index contributed by atoms with van der Waals surface area (Å²) in [6, 6.07) is 11.8. The summed E-state index contributed by atoms with van der Waals surface area (Å²) < 4.78 is 1.99. The molecule has 0 bridgehead atoms. The van der Waals surface area contributed by atoms with Crippen molar-refractivity contribution >= 4 is 22.4 Å². The Kier molecular flexibility index (Phi) is 3.09. The van der Waals surface area contributed by atoms with E-state index in [4.69, 9.17) is 11.6 Å². The van der Waals surface area contributed by atoms with Crippen molar-refractivity contribution in [2.45, 2.75) is 0 Å². The quantitative estimate of drug-likeness (QED) is 0.523. The van der Waals surface area contributed by atoms with Gasteiger partial charge in [-0.15, -0.1) is 0 Å². The van der Waals surface area contributed by atoms with Crippen molar-refractivity contribution in [3.05, 3.63) is 72.7 Å². The van der Waals surface area contributed by atoms with E-state index in [9.17, 15) is 0 Å². The molecular formula is C17H11ClN4. The Morgan fingerprint density at radius 3 is 2.59 bits per heavy atom. The number of benzene rings is 1. The molecule has 0 amide bonds. The first kappa shape index (κ1) is 13.0. The summed E-state index contributed by atoms with van der Waals surface area (Å²) in [6.07, 6.45) is 9.04. The van der Waals surface area contributed by atoms with Crippen LogP contribution in [-0.2, 0) is 0 Å². The molecule has 1 aromatic carbocycles. The number of pyridine rings is 2. The molecule has 4 rings (SSSR count). The third-order valence-corrected chi connectivity index (χ3v) is 3.87. The van der Waals surface area contributed by atoms with Crippen LogP contribution in [0.1, 0.15) is 0 Å². The fourth-order valence-corrected chi connectivity index (χ4v) is 2.73. The monoisotopic (exact) mass is 306 g/mol. The molecule has 22 heavy (non-hydrogen) atoms. The zero-order chi connectivity index (χ0) is 14.9. The van der Waals surface area contributed by atoms with Crippen LogP contribution in [0.15, 0.2) is 67.5 Å². The molecule has 0 atom stereocenters. The summed E-state index contributed by atoms with van der Waals surface area (Å²) in [7, 11) is 0. The van der Waals surface area contributed by atoms with E-state index >= 15 is 0 Å². The van der Waals surface area contributed by atoms with Gasteiger partial charge >= 0.3 is 0 Å². The Bertz CT molecular complexity index is 947. The lowest BCUT2D eigenvalue weighted by molar-refractivity contribution is 1.07. The number of imidazole rings is 1. The first-order valence-electron chi connectivity index (χ1n) is 6.81. The highest BCUT2D eigenvalue weighted by Crippen LogP contribution is 2.27. The number of rotatable bonds is 2. The lowest BCUT2D eigenvalue weighted by Gasteiger charge is -2.07. The van der Waals surface area contributed by atoms with Crippen LogP contribution in [0.2, 0.25) is 5.15 Å². The average molecular weight is 307 g/mol. The fraction of sp³-hybridized carbons (Fsp3) is 0. The van der Waals surface area contributed by atoms with Crippen molar-refractivity contribution < 1.29 is 0 Å². The summed E-state index contributed by atoms with van der Waals surface area (Å²) >= 11 is 6.17. The van der Waals surface area contributed by atoms with E-state index in [-0.39, 0.29) is 0 Å². The Morgan fingerprint density at radius 2 is 1.73 bits per heavy atom. The van der Waals surface area contributed by atoms with E-state index in [1.807, 2.05) is 47.2 Å². The van der Waals surface area contributed by atoms with E-state index in [2.05, 4.69) is 15.0 Å². The number of nitrogens with zero attached hydrogens (tertiary/aromatic N) is 4. The Labute approximate surface area is 132 Å². The molecule has 0 aliphatic carbocycles. The molecule has 0 N–H and O–H groups in total. The molecule has 0 aliphatic rings. The minimum Gasteiger partial charge on any atom is -0.305 e. The largest absolute Gasteiger partial charge is 0.305 e. The standard InChI is InChI=1S/C17H11ClN4/c18-17-14-2-1-3-16(13(14)6-9-20-17)22-10-15(21-11-22)12-4-7-19-8-5-12/h1-11H. The van der Waals surface area contributed by atoms with Gasteiger partial charge in [0.15, 0.2) is 0 Å². The average Bonchev–Trinajstić information content (AvgIpc) is 3.05. The SMILES string of the molecule is Clc1nccc2c(-n3cnc(-c4ccncc4)c3)cccc12. The van der Waals surface area contributed by atoms with E-state index in [0.717, 1.165) is 27.7 Å². The molecule has 106 valence electrons. The van der Waals surface area contributed by atoms with Crippen molar-refractivity contribution in [1.82, 2.24) is 19.5 Å². The lowest BCUT2D eigenvalue weighted by Crippen LogP contribution is -1.92. The number of hydrogen-bond acceptors (Lipinski definition) is 3. The van der Waals surface area contributed by atoms with Gasteiger partial charge in [0.1, 0.15) is 5.15 Å². The van der Waals surface area contributed by atoms with Gasteiger partial charge in [-0.3, -0.25) is 4.98 Å². The van der Waals surface area contributed by atoms with Gasteiger partial charge in [-0.05, 0) is 24.3 Å². The number of halogens is 1. The highest BCUT2D eigenvalue weighted by molar-refractivity contribution is 6.34. The number of fused-ring (bicyclic) bond motifs is 1. The minimum atomic E-state index is 0.508. The third-order valence-electron chi connectivity index (χ3n) is 3.57. The van der Waals surface area contributed by atoms with Gasteiger partial charge in [-0.25, -0.2) is 9.97 Å². The van der Waals surface area contributed by atoms with Gasteiger partial charge in [-0.1, -0.05) is 23.7 Å². The maximum Gasteiger partial charge on any atom is 0.136 e. The van der Waals surface area contributed by atoms with Crippen LogP contribution in [0.3, 0.4) is 0 Å². The highest BCUT2D eigenvalue weighted by Gasteiger charge is 2.08. The summed E-state index contributed by atoms with van der Waals surface area (Å²) in [5.41, 5.74) is 2.96. The number of hydrogen-bond donors (Lipinski definition) is 0. The molecular weight excluding hydrogens is 296 g/mol. The second kappa shape index (κ2) is 5.24. The van der Waals surface area contributed by atoms with Gasteiger partial charge in [0.25, 0.3) is 0 Å². The molecule has 3 heterocycles. The number of aromatic nitrogens is 4. The highest BCUT2D eigenvalue weighted by atomic mass is 35.5. The van der Waals surface area contributed by atoms with Crippen LogP contribution in [-0.4, -0.2) is 19.5 Å². The first-order chi connectivity index (χ1) is 10.8. The molecule has 0 fully saturated rings. The van der Waals surface area contributed by atoms with Crippen LogP contribution in [0, 0.1) is 0 Å². The van der Waals surface area contributed by atoms with Crippen LogP contribution >= 0.6 is 11.6 Å². The summed E-state index contributed by atoms with van der Waals surface area (Å²) in [4.78, 5) is 12.6. The van der Waals surface area contributed by atoms with E-state index < -0.39 is 0 Å². The summed E-state index contributed by atoms with van der Waals surface area (Å²) in [6.45, 7) is 0. The molecule has 0 unspecified atom stereocenters. The molecule has 0 saturated carbocycles. The maximum absolute atomic E-state index is 6.17. The van der Waals surface area contributed by atoms with E-state index in [1.54, 1.807) is 24.9 Å². The lowest BCUT2D eigenvalue weighted by atomic mass is 10.1. The van der Waals surface area contributed by atoms with Crippen LogP contribution < -0.4 is 0 Å². The van der Waals surface area contributed by atoms with Gasteiger partial charge in [0.05, 0.1) is 17.7 Å². The van der Waals surface area contributed by atoms with Crippen molar-refractivity contribution in [3.8, 4) is 16.9 Å². The van der Waals surface area contributed by atoms with Crippen LogP contribution in [0.4, 0.5) is 0 Å². The van der Waals surface area contributed by atoms with Gasteiger partial charge in [0.2, 0.25) is 0 Å². The Hall–Kier alpha value is -2.72. The molecule has 0 saturated heterocycles. The summed E-state index contributed by atoms with van der Waals surface area (Å²) in [5.74, 6) is 0. The van der Waals surface area contributed by atoms with Crippen molar-refractivity contribution in [2.24, 2.45) is 0 Å². The molecule has 3 aromatic heterocycles. The normalized spacial score (nSPS) is 11.0. The third kappa shape index (κ3) is 2.14. The molecule has 0 spiro atoms. The van der Waals surface area contributed by atoms with Crippen molar-refractivity contribution in [1.29, 1.82) is 0 Å². The van der Waals surface area contributed by atoms with Crippen molar-refractivity contribution in [2.75, 3.05) is 0 Å². The maximum atomic E-state index is 6.17. The second-order valence-electron chi connectivity index (χ2n) is 4.88. The second-order valence-corrected chi connectivity index (χ2v) is 5.23. The molecule has 0 aliphatic heterocycles. The summed E-state index contributed by atoms with van der Waals surface area (Å²) in [5, 5.41) is 2.48. The zero-order valence-corrected chi connectivity index (χ0v) is 12.3. The molecule has 5 heteroatoms. The minimum absolute atomic E-state index is 0.508. The van der Waals surface area contributed by atoms with Gasteiger partial charge < -0.3 is 4.57 Å². The Balaban J connectivity index is 1.87. The topological polar surface area (TPSA) is 43.6 Å². The van der Waals surface area contributed by atoms with E-state index in [1.165, 1.54) is 0 Å². The van der Waals surface area contributed by atoms with Gasteiger partial charge in [-0.2, -0.15) is 0 Å². The van der Waals surface area contributed by atoms with Crippen molar-refractivity contribution in [3.63, 3.8) is 0 Å². The smallest absolute Gasteiger partial charge is 0.136 e. The van der Waals surface area contributed by atoms with E-state index in [0.29, 0.717) is 5.15 Å². The molecule has 0 radical (unpaired) electrons. The predicted molar refractivity (Wildman–Crippen MR) is 87.1 cm³/mol. The fourth-order valence-electron chi connectivity index (χ4n) is 2.51. The Morgan fingerprint density at radius 1 is 0.864 bits per heavy atom. The molecule has 4 nitrogen and oxygen atoms in total. The predicted octanol–water partition coefficient (Wildman–Crippen LogP) is 4.14. The van der Waals surface area contributed by atoms with Gasteiger partial charge in [0, 0.05) is 41.1 Å². The first-order valence-corrected chi connectivity index (χ1v) is 7.19. The van der Waals surface area contributed by atoms with Crippen LogP contribution in [0.5, 0.6) is 0 Å². The molecule has 4 aromatic rings.